The first-order valence-corrected chi connectivity index (χ1v) is 7.63. The van der Waals surface area contributed by atoms with Gasteiger partial charge in [-0.05, 0) is 75.5 Å². The average molecular weight is 244 g/mol. The summed E-state index contributed by atoms with van der Waals surface area (Å²) in [5.74, 6) is 0. The summed E-state index contributed by atoms with van der Waals surface area (Å²) in [6.45, 7) is 5.73. The molecule has 18 heavy (non-hydrogen) atoms. The van der Waals surface area contributed by atoms with Gasteiger partial charge in [0.2, 0.25) is 0 Å². The van der Waals surface area contributed by atoms with E-state index in [-0.39, 0.29) is 0 Å². The summed E-state index contributed by atoms with van der Waals surface area (Å²) in [6.07, 6.45) is 16.9. The van der Waals surface area contributed by atoms with Gasteiger partial charge in [0.1, 0.15) is 0 Å². The molecule has 0 aromatic rings. The van der Waals surface area contributed by atoms with Gasteiger partial charge in [0, 0.05) is 0 Å². The summed E-state index contributed by atoms with van der Waals surface area (Å²) >= 11 is 0. The Balaban J connectivity index is 0.000000184. The Hall–Kier alpha value is -0.960. The molecule has 0 heterocycles. The first-order valence-electron chi connectivity index (χ1n) is 7.63. The van der Waals surface area contributed by atoms with E-state index < -0.39 is 0 Å². The van der Waals surface area contributed by atoms with Crippen LogP contribution in [0.5, 0.6) is 0 Å². The Morgan fingerprint density at radius 2 is 1.22 bits per heavy atom. The molecule has 100 valence electrons. The molecule has 2 saturated carbocycles. The lowest BCUT2D eigenvalue weighted by Crippen LogP contribution is -1.89. The summed E-state index contributed by atoms with van der Waals surface area (Å²) in [7, 11) is 0. The Bertz CT molecular complexity index is 315. The van der Waals surface area contributed by atoms with E-state index in [2.05, 4.69) is 18.0 Å². The molecule has 0 amide bonds. The highest BCUT2D eigenvalue weighted by molar-refractivity contribution is 5.04. The number of hydrogen-bond donors (Lipinski definition) is 0. The van der Waals surface area contributed by atoms with Gasteiger partial charge in [-0.1, -0.05) is 25.8 Å². The molecule has 0 heteroatoms. The third kappa shape index (κ3) is 6.70. The lowest BCUT2D eigenvalue weighted by molar-refractivity contribution is 0.569. The van der Waals surface area contributed by atoms with Gasteiger partial charge in [-0.25, -0.2) is 0 Å². The second kappa shape index (κ2) is 10.0. The predicted octanol–water partition coefficient (Wildman–Crippen LogP) is 6.10. The van der Waals surface area contributed by atoms with Crippen molar-refractivity contribution < 1.29 is 0 Å². The van der Waals surface area contributed by atoms with Crippen LogP contribution in [0.25, 0.3) is 0 Å². The van der Waals surface area contributed by atoms with E-state index in [0.717, 1.165) is 0 Å². The highest BCUT2D eigenvalue weighted by Gasteiger charge is 2.03. The maximum Gasteiger partial charge on any atom is -0.0244 e. The lowest BCUT2D eigenvalue weighted by atomic mass is 9.97. The number of rotatable bonds is 0. The molecule has 2 aliphatic carbocycles. The quantitative estimate of drug-likeness (QED) is 0.451. The van der Waals surface area contributed by atoms with Gasteiger partial charge in [-0.2, -0.15) is 0 Å². The summed E-state index contributed by atoms with van der Waals surface area (Å²) in [5.41, 5.74) is 9.25. The smallest absolute Gasteiger partial charge is 0.0244 e. The molecule has 0 atom stereocenters. The molecule has 0 bridgehead atoms. The summed E-state index contributed by atoms with van der Waals surface area (Å²) < 4.78 is 0. The Morgan fingerprint density at radius 1 is 0.778 bits per heavy atom. The van der Waals surface area contributed by atoms with Crippen LogP contribution in [0, 0.1) is 0 Å². The minimum absolute atomic E-state index is 1.25. The van der Waals surface area contributed by atoms with E-state index in [9.17, 15) is 0 Å². The summed E-state index contributed by atoms with van der Waals surface area (Å²) in [6, 6.07) is 0. The highest BCUT2D eigenvalue weighted by Crippen LogP contribution is 2.22. The zero-order valence-corrected chi connectivity index (χ0v) is 12.1. The third-order valence-electron chi connectivity index (χ3n) is 3.76. The molecule has 0 nitrogen and oxygen atoms in total. The lowest BCUT2D eigenvalue weighted by Gasteiger charge is -2.08. The Kier molecular flexibility index (Phi) is 8.40. The van der Waals surface area contributed by atoms with Crippen molar-refractivity contribution in [2.75, 3.05) is 0 Å². The van der Waals surface area contributed by atoms with Crippen LogP contribution in [0.2, 0.25) is 0 Å². The maximum absolute atomic E-state index is 3.69. The van der Waals surface area contributed by atoms with Gasteiger partial charge in [0.15, 0.2) is 0 Å². The van der Waals surface area contributed by atoms with Crippen LogP contribution in [0.15, 0.2) is 35.3 Å². The monoisotopic (exact) mass is 244 g/mol. The topological polar surface area (TPSA) is 0 Å². The van der Waals surface area contributed by atoms with Crippen molar-refractivity contribution in [2.24, 2.45) is 0 Å². The molecular formula is C18H28. The molecule has 0 N–H and O–H groups in total. The van der Waals surface area contributed by atoms with Crippen molar-refractivity contribution in [1.82, 2.24) is 0 Å². The van der Waals surface area contributed by atoms with Crippen LogP contribution in [0.3, 0.4) is 0 Å². The van der Waals surface area contributed by atoms with Crippen molar-refractivity contribution in [1.29, 1.82) is 0 Å². The van der Waals surface area contributed by atoms with E-state index in [1.165, 1.54) is 81.8 Å². The first kappa shape index (κ1) is 15.1. The van der Waals surface area contributed by atoms with Crippen molar-refractivity contribution in [3.63, 3.8) is 0 Å². The van der Waals surface area contributed by atoms with Crippen molar-refractivity contribution in [2.45, 2.75) is 77.6 Å². The second-order valence-electron chi connectivity index (χ2n) is 5.29. The van der Waals surface area contributed by atoms with Crippen LogP contribution < -0.4 is 0 Å². The normalized spacial score (nSPS) is 19.8. The SMILES string of the molecule is C=C=C1CCCCCCC1.CC=C=C1CCCC1. The van der Waals surface area contributed by atoms with Crippen LogP contribution in [-0.4, -0.2) is 0 Å². The molecule has 0 aromatic carbocycles. The second-order valence-corrected chi connectivity index (χ2v) is 5.29. The molecule has 0 radical (unpaired) electrons. The van der Waals surface area contributed by atoms with E-state index in [0.29, 0.717) is 0 Å². The predicted molar refractivity (Wildman–Crippen MR) is 80.7 cm³/mol. The number of hydrogen-bond acceptors (Lipinski definition) is 0. The van der Waals surface area contributed by atoms with Gasteiger partial charge in [-0.3, -0.25) is 0 Å². The standard InChI is InChI=1S/C10H16.C8H12/c1-2-10-8-6-4-3-5-7-9-10;1-2-5-8-6-3-4-7-8/h1,3-9H2;2H,3-4,6-7H2,1H3. The van der Waals surface area contributed by atoms with Gasteiger partial charge in [-0.15, -0.1) is 11.5 Å². The van der Waals surface area contributed by atoms with Crippen LogP contribution in [0.4, 0.5) is 0 Å². The fourth-order valence-electron chi connectivity index (χ4n) is 2.66. The van der Waals surface area contributed by atoms with Gasteiger partial charge in [0.05, 0.1) is 0 Å². The zero-order valence-electron chi connectivity index (χ0n) is 12.1. The summed E-state index contributed by atoms with van der Waals surface area (Å²) in [4.78, 5) is 0. The maximum atomic E-state index is 3.69. The van der Waals surface area contributed by atoms with E-state index in [1.54, 1.807) is 0 Å². The largest absolute Gasteiger partial charge is 0.130 e. The molecule has 0 aromatic heterocycles. The molecule has 2 fully saturated rings. The fourth-order valence-corrected chi connectivity index (χ4v) is 2.66. The Morgan fingerprint density at radius 3 is 1.72 bits per heavy atom. The number of allylic oxidation sites excluding steroid dienone is 2. The van der Waals surface area contributed by atoms with Crippen molar-refractivity contribution >= 4 is 0 Å². The molecule has 2 rings (SSSR count). The van der Waals surface area contributed by atoms with E-state index >= 15 is 0 Å². The van der Waals surface area contributed by atoms with Crippen LogP contribution in [-0.2, 0) is 0 Å². The van der Waals surface area contributed by atoms with Gasteiger partial charge < -0.3 is 0 Å². The molecule has 0 aliphatic heterocycles. The third-order valence-corrected chi connectivity index (χ3v) is 3.76. The van der Waals surface area contributed by atoms with E-state index in [1.807, 2.05) is 13.0 Å². The molecular weight excluding hydrogens is 216 g/mol. The molecule has 0 unspecified atom stereocenters. The molecule has 2 aliphatic rings. The minimum atomic E-state index is 1.25. The first-order chi connectivity index (χ1) is 8.86. The highest BCUT2D eigenvalue weighted by atomic mass is 14.1. The molecule has 0 spiro atoms. The van der Waals surface area contributed by atoms with E-state index in [4.69, 9.17) is 0 Å². The minimum Gasteiger partial charge on any atom is -0.130 e. The average Bonchev–Trinajstić information content (AvgIpc) is 2.83. The fraction of sp³-hybridized carbons (Fsp3) is 0.667. The van der Waals surface area contributed by atoms with Crippen LogP contribution in [0.1, 0.15) is 77.6 Å². The van der Waals surface area contributed by atoms with Gasteiger partial charge in [0.25, 0.3) is 0 Å². The summed E-state index contributed by atoms with van der Waals surface area (Å²) in [5, 5.41) is 0. The van der Waals surface area contributed by atoms with Gasteiger partial charge >= 0.3 is 0 Å². The van der Waals surface area contributed by atoms with Crippen LogP contribution >= 0.6 is 0 Å². The zero-order chi connectivity index (χ0) is 13.1. The van der Waals surface area contributed by atoms with Crippen molar-refractivity contribution in [3.8, 4) is 0 Å². The Labute approximate surface area is 113 Å². The molecule has 0 saturated heterocycles. The van der Waals surface area contributed by atoms with Crippen molar-refractivity contribution in [3.05, 3.63) is 35.3 Å².